The number of thioether (sulfide) groups is 1. The molecule has 108 valence electrons. The molecule has 1 heterocycles. The van der Waals surface area contributed by atoms with Crippen LogP contribution in [0.2, 0.25) is 5.02 Å². The number of carbonyl (C=O) groups is 1. The van der Waals surface area contributed by atoms with E-state index >= 15 is 0 Å². The molecule has 1 amide bonds. The molecule has 0 aliphatic carbocycles. The molecule has 0 unspecified atom stereocenters. The normalized spacial score (nSPS) is 14.3. The van der Waals surface area contributed by atoms with Crippen LogP contribution in [0.25, 0.3) is 0 Å². The Morgan fingerprint density at radius 3 is 2.75 bits per heavy atom. The molecular weight excluding hydrogens is 312 g/mol. The van der Waals surface area contributed by atoms with Crippen molar-refractivity contribution < 1.29 is 4.79 Å². The van der Waals surface area contributed by atoms with Crippen LogP contribution < -0.4 is 5.32 Å². The average Bonchev–Trinajstić information content (AvgIpc) is 2.98. The first-order chi connectivity index (χ1) is 9.66. The maximum atomic E-state index is 11.8. The van der Waals surface area contributed by atoms with Gasteiger partial charge in [0.15, 0.2) is 0 Å². The Bertz CT molecular complexity index is 490. The fourth-order valence-electron chi connectivity index (χ4n) is 2.00. The van der Waals surface area contributed by atoms with E-state index in [2.05, 4.69) is 10.2 Å². The van der Waals surface area contributed by atoms with Gasteiger partial charge in [-0.15, -0.1) is 0 Å². The molecule has 1 aromatic carbocycles. The molecule has 6 heteroatoms. The summed E-state index contributed by atoms with van der Waals surface area (Å²) < 4.78 is 0.829. The summed E-state index contributed by atoms with van der Waals surface area (Å²) in [5.74, 6) is 0.344. The number of hydrogen-bond donors (Lipinski definition) is 1. The Morgan fingerprint density at radius 2 is 2.05 bits per heavy atom. The highest BCUT2D eigenvalue weighted by Gasteiger charge is 2.16. The van der Waals surface area contributed by atoms with E-state index in [0.29, 0.717) is 17.3 Å². The van der Waals surface area contributed by atoms with Crippen LogP contribution in [0.3, 0.4) is 0 Å². The van der Waals surface area contributed by atoms with Crippen molar-refractivity contribution in [3.63, 3.8) is 0 Å². The van der Waals surface area contributed by atoms with Crippen LogP contribution in [0.1, 0.15) is 18.4 Å². The lowest BCUT2D eigenvalue weighted by molar-refractivity contribution is -0.118. The van der Waals surface area contributed by atoms with Crippen LogP contribution >= 0.6 is 35.6 Å². The van der Waals surface area contributed by atoms with Gasteiger partial charge in [-0.2, -0.15) is 0 Å². The SMILES string of the molecule is O=C(CSC(=S)N1CCCC1)NCc1ccccc1Cl. The minimum Gasteiger partial charge on any atom is -0.358 e. The zero-order valence-electron chi connectivity index (χ0n) is 11.1. The Morgan fingerprint density at radius 1 is 1.35 bits per heavy atom. The van der Waals surface area contributed by atoms with Crippen molar-refractivity contribution in [1.29, 1.82) is 0 Å². The monoisotopic (exact) mass is 328 g/mol. The van der Waals surface area contributed by atoms with Gasteiger partial charge in [0, 0.05) is 24.7 Å². The van der Waals surface area contributed by atoms with Gasteiger partial charge in [0.2, 0.25) is 5.91 Å². The van der Waals surface area contributed by atoms with E-state index in [1.54, 1.807) is 0 Å². The standard InChI is InChI=1S/C14H17ClN2OS2/c15-12-6-2-1-5-11(12)9-16-13(18)10-20-14(19)17-7-3-4-8-17/h1-2,5-6H,3-4,7-10H2,(H,16,18). The van der Waals surface area contributed by atoms with Gasteiger partial charge in [0.25, 0.3) is 0 Å². The third kappa shape index (κ3) is 4.65. The van der Waals surface area contributed by atoms with Gasteiger partial charge in [-0.05, 0) is 24.5 Å². The van der Waals surface area contributed by atoms with Gasteiger partial charge < -0.3 is 10.2 Å². The molecule has 2 rings (SSSR count). The molecule has 1 N–H and O–H groups in total. The van der Waals surface area contributed by atoms with Crippen molar-refractivity contribution in [1.82, 2.24) is 10.2 Å². The van der Waals surface area contributed by atoms with Crippen molar-refractivity contribution in [3.05, 3.63) is 34.9 Å². The Labute approximate surface area is 134 Å². The van der Waals surface area contributed by atoms with Crippen LogP contribution in [0, 0.1) is 0 Å². The van der Waals surface area contributed by atoms with Gasteiger partial charge in [0.1, 0.15) is 4.32 Å². The van der Waals surface area contributed by atoms with Gasteiger partial charge >= 0.3 is 0 Å². The number of nitrogens with one attached hydrogen (secondary N) is 1. The van der Waals surface area contributed by atoms with Crippen LogP contribution in [-0.4, -0.2) is 34.0 Å². The first kappa shape index (κ1) is 15.6. The van der Waals surface area contributed by atoms with E-state index in [1.807, 2.05) is 24.3 Å². The Kier molecular flexibility index (Phi) is 6.13. The topological polar surface area (TPSA) is 32.3 Å². The number of carbonyl (C=O) groups excluding carboxylic acids is 1. The average molecular weight is 329 g/mol. The highest BCUT2D eigenvalue weighted by Crippen LogP contribution is 2.16. The highest BCUT2D eigenvalue weighted by atomic mass is 35.5. The predicted molar refractivity (Wildman–Crippen MR) is 89.2 cm³/mol. The van der Waals surface area contributed by atoms with E-state index < -0.39 is 0 Å². The van der Waals surface area contributed by atoms with Gasteiger partial charge in [0.05, 0.1) is 5.75 Å². The largest absolute Gasteiger partial charge is 0.358 e. The fourth-order valence-corrected chi connectivity index (χ4v) is 3.29. The number of thiocarbonyl (C=S) groups is 1. The second-order valence-electron chi connectivity index (χ2n) is 4.62. The van der Waals surface area contributed by atoms with E-state index in [9.17, 15) is 4.79 Å². The number of halogens is 1. The maximum absolute atomic E-state index is 11.8. The summed E-state index contributed by atoms with van der Waals surface area (Å²) in [6.07, 6.45) is 2.39. The van der Waals surface area contributed by atoms with E-state index in [0.717, 1.165) is 23.0 Å². The lowest BCUT2D eigenvalue weighted by atomic mass is 10.2. The molecule has 0 aromatic heterocycles. The number of likely N-dealkylation sites (tertiary alicyclic amines) is 1. The van der Waals surface area contributed by atoms with Crippen molar-refractivity contribution in [2.24, 2.45) is 0 Å². The summed E-state index contributed by atoms with van der Waals surface area (Å²) in [6, 6.07) is 7.51. The molecule has 3 nitrogen and oxygen atoms in total. The van der Waals surface area contributed by atoms with Crippen molar-refractivity contribution >= 4 is 45.8 Å². The molecule has 1 aliphatic rings. The lowest BCUT2D eigenvalue weighted by Crippen LogP contribution is -2.28. The van der Waals surface area contributed by atoms with Crippen LogP contribution in [0.4, 0.5) is 0 Å². The van der Waals surface area contributed by atoms with Crippen molar-refractivity contribution in [2.75, 3.05) is 18.8 Å². The predicted octanol–water partition coefficient (Wildman–Crippen LogP) is 3.07. The molecular formula is C14H17ClN2OS2. The zero-order valence-corrected chi connectivity index (χ0v) is 13.5. The molecule has 0 atom stereocenters. The number of nitrogens with zero attached hydrogens (tertiary/aromatic N) is 1. The molecule has 20 heavy (non-hydrogen) atoms. The van der Waals surface area contributed by atoms with Gasteiger partial charge in [-0.3, -0.25) is 4.79 Å². The summed E-state index contributed by atoms with van der Waals surface area (Å²) in [7, 11) is 0. The number of rotatable bonds is 4. The van der Waals surface area contributed by atoms with E-state index in [-0.39, 0.29) is 5.91 Å². The first-order valence-electron chi connectivity index (χ1n) is 6.58. The van der Waals surface area contributed by atoms with Gasteiger partial charge in [-0.25, -0.2) is 0 Å². The Hall–Kier alpha value is -0.780. The summed E-state index contributed by atoms with van der Waals surface area (Å²) in [4.78, 5) is 14.0. The van der Waals surface area contributed by atoms with Crippen molar-refractivity contribution in [2.45, 2.75) is 19.4 Å². The third-order valence-electron chi connectivity index (χ3n) is 3.12. The van der Waals surface area contributed by atoms with Crippen LogP contribution in [0.5, 0.6) is 0 Å². The third-order valence-corrected chi connectivity index (χ3v) is 5.02. The van der Waals surface area contributed by atoms with E-state index in [1.165, 1.54) is 24.6 Å². The molecule has 0 bridgehead atoms. The second kappa shape index (κ2) is 7.86. The minimum absolute atomic E-state index is 0.0172. The van der Waals surface area contributed by atoms with Crippen molar-refractivity contribution in [3.8, 4) is 0 Å². The lowest BCUT2D eigenvalue weighted by Gasteiger charge is -2.17. The second-order valence-corrected chi connectivity index (χ2v) is 6.63. The molecule has 0 saturated carbocycles. The Balaban J connectivity index is 1.70. The number of benzene rings is 1. The smallest absolute Gasteiger partial charge is 0.230 e. The zero-order chi connectivity index (χ0) is 14.4. The molecule has 1 saturated heterocycles. The summed E-state index contributed by atoms with van der Waals surface area (Å²) in [5.41, 5.74) is 0.926. The fraction of sp³-hybridized carbons (Fsp3) is 0.429. The summed E-state index contributed by atoms with van der Waals surface area (Å²) >= 11 is 12.8. The number of hydrogen-bond acceptors (Lipinski definition) is 3. The number of amides is 1. The molecule has 1 aromatic rings. The molecule has 0 radical (unpaired) electrons. The highest BCUT2D eigenvalue weighted by molar-refractivity contribution is 8.23. The molecule has 1 aliphatic heterocycles. The minimum atomic E-state index is -0.0172. The maximum Gasteiger partial charge on any atom is 0.230 e. The summed E-state index contributed by atoms with van der Waals surface area (Å²) in [6.45, 7) is 2.50. The molecule has 1 fully saturated rings. The molecule has 0 spiro atoms. The van der Waals surface area contributed by atoms with Gasteiger partial charge in [-0.1, -0.05) is 53.8 Å². The van der Waals surface area contributed by atoms with E-state index in [4.69, 9.17) is 23.8 Å². The summed E-state index contributed by atoms with van der Waals surface area (Å²) in [5, 5.41) is 3.54. The van der Waals surface area contributed by atoms with Crippen LogP contribution in [-0.2, 0) is 11.3 Å². The quantitative estimate of drug-likeness (QED) is 0.861. The van der Waals surface area contributed by atoms with Crippen LogP contribution in [0.15, 0.2) is 24.3 Å². The first-order valence-corrected chi connectivity index (χ1v) is 8.36.